The van der Waals surface area contributed by atoms with E-state index < -0.39 is 0 Å². The van der Waals surface area contributed by atoms with Crippen LogP contribution in [0.3, 0.4) is 0 Å². The number of nitrogens with one attached hydrogen (secondary N) is 1. The molecule has 21 heavy (non-hydrogen) atoms. The van der Waals surface area contributed by atoms with Gasteiger partial charge in [-0.3, -0.25) is 0 Å². The van der Waals surface area contributed by atoms with Crippen LogP contribution < -0.4 is 10.1 Å². The fourth-order valence-electron chi connectivity index (χ4n) is 2.21. The SMILES string of the molecule is COCCNCCC(C)CCc1ccc(OC(C)C)cc1. The van der Waals surface area contributed by atoms with Gasteiger partial charge >= 0.3 is 0 Å². The molecule has 0 fully saturated rings. The molecule has 1 N–H and O–H groups in total. The maximum atomic E-state index is 5.66. The summed E-state index contributed by atoms with van der Waals surface area (Å²) in [4.78, 5) is 0. The molecule has 0 aliphatic carbocycles. The van der Waals surface area contributed by atoms with Crippen molar-refractivity contribution in [1.29, 1.82) is 0 Å². The summed E-state index contributed by atoms with van der Waals surface area (Å²) in [6.07, 6.45) is 3.83. The van der Waals surface area contributed by atoms with E-state index in [1.165, 1.54) is 18.4 Å². The fraction of sp³-hybridized carbons (Fsp3) is 0.667. The molecule has 0 saturated carbocycles. The van der Waals surface area contributed by atoms with Crippen LogP contribution in [0.15, 0.2) is 24.3 Å². The molecule has 3 nitrogen and oxygen atoms in total. The van der Waals surface area contributed by atoms with Crippen LogP contribution in [0.1, 0.15) is 39.2 Å². The molecule has 0 aliphatic rings. The van der Waals surface area contributed by atoms with E-state index in [1.807, 2.05) is 0 Å². The highest BCUT2D eigenvalue weighted by molar-refractivity contribution is 5.27. The second-order valence-corrected chi connectivity index (χ2v) is 5.99. The highest BCUT2D eigenvalue weighted by Gasteiger charge is 2.03. The summed E-state index contributed by atoms with van der Waals surface area (Å²) < 4.78 is 10.7. The van der Waals surface area contributed by atoms with Gasteiger partial charge in [0.15, 0.2) is 0 Å². The number of rotatable bonds is 11. The number of benzene rings is 1. The van der Waals surface area contributed by atoms with E-state index >= 15 is 0 Å². The molecule has 0 bridgehead atoms. The second kappa shape index (κ2) is 10.6. The molecule has 0 aliphatic heterocycles. The van der Waals surface area contributed by atoms with Crippen molar-refractivity contribution >= 4 is 0 Å². The maximum Gasteiger partial charge on any atom is 0.119 e. The van der Waals surface area contributed by atoms with Crippen molar-refractivity contribution in [1.82, 2.24) is 5.32 Å². The van der Waals surface area contributed by atoms with Crippen molar-refractivity contribution in [2.24, 2.45) is 5.92 Å². The van der Waals surface area contributed by atoms with E-state index in [-0.39, 0.29) is 6.10 Å². The van der Waals surface area contributed by atoms with Crippen molar-refractivity contribution in [2.75, 3.05) is 26.8 Å². The van der Waals surface area contributed by atoms with Gasteiger partial charge in [0, 0.05) is 13.7 Å². The van der Waals surface area contributed by atoms with Gasteiger partial charge in [-0.05, 0) is 63.3 Å². The largest absolute Gasteiger partial charge is 0.491 e. The van der Waals surface area contributed by atoms with Crippen LogP contribution in [0, 0.1) is 5.92 Å². The van der Waals surface area contributed by atoms with Gasteiger partial charge in [-0.1, -0.05) is 19.1 Å². The van der Waals surface area contributed by atoms with Gasteiger partial charge in [0.25, 0.3) is 0 Å². The van der Waals surface area contributed by atoms with Crippen LogP contribution >= 0.6 is 0 Å². The standard InChI is InChI=1S/C18H31NO2/c1-15(2)21-18-9-7-17(8-10-18)6-5-16(3)11-12-19-13-14-20-4/h7-10,15-16,19H,5-6,11-14H2,1-4H3. The summed E-state index contributed by atoms with van der Waals surface area (Å²) in [5, 5.41) is 3.40. The molecule has 1 atom stereocenters. The minimum atomic E-state index is 0.237. The Morgan fingerprint density at radius 1 is 1.00 bits per heavy atom. The van der Waals surface area contributed by atoms with E-state index in [1.54, 1.807) is 7.11 Å². The lowest BCUT2D eigenvalue weighted by atomic mass is 9.98. The maximum absolute atomic E-state index is 5.66. The Bertz CT molecular complexity index is 362. The van der Waals surface area contributed by atoms with E-state index in [9.17, 15) is 0 Å². The van der Waals surface area contributed by atoms with Crippen LogP contribution in [-0.4, -0.2) is 32.9 Å². The zero-order chi connectivity index (χ0) is 15.5. The molecule has 0 radical (unpaired) electrons. The van der Waals surface area contributed by atoms with Gasteiger partial charge < -0.3 is 14.8 Å². The zero-order valence-corrected chi connectivity index (χ0v) is 14.0. The van der Waals surface area contributed by atoms with Crippen molar-refractivity contribution in [3.63, 3.8) is 0 Å². The first kappa shape index (κ1) is 18.0. The molecule has 1 rings (SSSR count). The molecule has 0 saturated heterocycles. The average Bonchev–Trinajstić information content (AvgIpc) is 2.46. The predicted octanol–water partition coefficient (Wildman–Crippen LogP) is 3.67. The Morgan fingerprint density at radius 2 is 1.71 bits per heavy atom. The van der Waals surface area contributed by atoms with E-state index in [0.29, 0.717) is 0 Å². The van der Waals surface area contributed by atoms with Crippen molar-refractivity contribution in [3.8, 4) is 5.75 Å². The van der Waals surface area contributed by atoms with Gasteiger partial charge in [0.1, 0.15) is 5.75 Å². The second-order valence-electron chi connectivity index (χ2n) is 5.99. The lowest BCUT2D eigenvalue weighted by Crippen LogP contribution is -2.21. The van der Waals surface area contributed by atoms with Crippen molar-refractivity contribution < 1.29 is 9.47 Å². The van der Waals surface area contributed by atoms with Crippen molar-refractivity contribution in [2.45, 2.75) is 46.1 Å². The van der Waals surface area contributed by atoms with Gasteiger partial charge in [-0.2, -0.15) is 0 Å². The lowest BCUT2D eigenvalue weighted by Gasteiger charge is -2.13. The number of ether oxygens (including phenoxy) is 2. The third-order valence-corrected chi connectivity index (χ3v) is 3.52. The Kier molecular flexibility index (Phi) is 9.11. The predicted molar refractivity (Wildman–Crippen MR) is 89.1 cm³/mol. The number of hydrogen-bond acceptors (Lipinski definition) is 3. The van der Waals surface area contributed by atoms with Gasteiger partial charge in [-0.25, -0.2) is 0 Å². The third kappa shape index (κ3) is 8.74. The van der Waals surface area contributed by atoms with Gasteiger partial charge in [0.05, 0.1) is 12.7 Å². The Hall–Kier alpha value is -1.06. The fourth-order valence-corrected chi connectivity index (χ4v) is 2.21. The van der Waals surface area contributed by atoms with Crippen LogP contribution in [0.2, 0.25) is 0 Å². The van der Waals surface area contributed by atoms with Crippen LogP contribution in [0.4, 0.5) is 0 Å². The first-order valence-electron chi connectivity index (χ1n) is 8.07. The summed E-state index contributed by atoms with van der Waals surface area (Å²) in [5.41, 5.74) is 1.39. The highest BCUT2D eigenvalue weighted by atomic mass is 16.5. The molecular weight excluding hydrogens is 262 g/mol. The first-order chi connectivity index (χ1) is 10.1. The molecule has 0 amide bonds. The minimum absolute atomic E-state index is 0.237. The molecule has 0 spiro atoms. The first-order valence-corrected chi connectivity index (χ1v) is 8.07. The lowest BCUT2D eigenvalue weighted by molar-refractivity contribution is 0.199. The molecule has 3 heteroatoms. The van der Waals surface area contributed by atoms with Crippen LogP contribution in [0.25, 0.3) is 0 Å². The normalized spacial score (nSPS) is 12.6. The van der Waals surface area contributed by atoms with E-state index in [0.717, 1.165) is 37.8 Å². The van der Waals surface area contributed by atoms with Gasteiger partial charge in [0.2, 0.25) is 0 Å². The summed E-state index contributed by atoms with van der Waals surface area (Å²) in [6, 6.07) is 8.52. The number of hydrogen-bond donors (Lipinski definition) is 1. The molecule has 120 valence electrons. The van der Waals surface area contributed by atoms with E-state index in [4.69, 9.17) is 9.47 Å². The Balaban J connectivity index is 2.18. The molecule has 0 heterocycles. The van der Waals surface area contributed by atoms with Crippen LogP contribution in [-0.2, 0) is 11.2 Å². The quantitative estimate of drug-likeness (QED) is 0.632. The minimum Gasteiger partial charge on any atom is -0.491 e. The molecule has 1 aromatic rings. The molecule has 1 aromatic carbocycles. The Morgan fingerprint density at radius 3 is 2.33 bits per heavy atom. The monoisotopic (exact) mass is 293 g/mol. The van der Waals surface area contributed by atoms with E-state index in [2.05, 4.69) is 50.4 Å². The third-order valence-electron chi connectivity index (χ3n) is 3.52. The summed E-state index contributed by atoms with van der Waals surface area (Å²) >= 11 is 0. The van der Waals surface area contributed by atoms with Gasteiger partial charge in [-0.15, -0.1) is 0 Å². The average molecular weight is 293 g/mol. The molecular formula is C18H31NO2. The summed E-state index contributed by atoms with van der Waals surface area (Å²) in [7, 11) is 1.74. The van der Waals surface area contributed by atoms with Crippen LogP contribution in [0.5, 0.6) is 5.75 Å². The molecule has 1 unspecified atom stereocenters. The van der Waals surface area contributed by atoms with Crippen molar-refractivity contribution in [3.05, 3.63) is 29.8 Å². The summed E-state index contributed by atoms with van der Waals surface area (Å²) in [6.45, 7) is 9.24. The smallest absolute Gasteiger partial charge is 0.119 e. The number of methoxy groups -OCH3 is 1. The Labute approximate surface area is 130 Å². The number of aryl methyl sites for hydroxylation is 1. The molecule has 0 aromatic heterocycles. The zero-order valence-electron chi connectivity index (χ0n) is 14.0. The topological polar surface area (TPSA) is 30.5 Å². The highest BCUT2D eigenvalue weighted by Crippen LogP contribution is 2.17. The summed E-state index contributed by atoms with van der Waals surface area (Å²) in [5.74, 6) is 1.70.